The first-order valence-corrected chi connectivity index (χ1v) is 9.33. The van der Waals surface area contributed by atoms with E-state index in [1.165, 1.54) is 6.07 Å². The van der Waals surface area contributed by atoms with Crippen LogP contribution in [-0.4, -0.2) is 40.0 Å². The van der Waals surface area contributed by atoms with Crippen molar-refractivity contribution in [3.05, 3.63) is 57.2 Å². The number of benzene rings is 1. The molecule has 0 radical (unpaired) electrons. The first kappa shape index (κ1) is 18.5. The molecular formula is C19H21FN4O4. The molecule has 0 spiro atoms. The largest absolute Gasteiger partial charge is 0.360 e. The Morgan fingerprint density at radius 1 is 1.39 bits per heavy atom. The summed E-state index contributed by atoms with van der Waals surface area (Å²) >= 11 is 0. The average molecular weight is 388 g/mol. The van der Waals surface area contributed by atoms with Gasteiger partial charge in [-0.25, -0.2) is 4.39 Å². The van der Waals surface area contributed by atoms with E-state index in [-0.39, 0.29) is 41.4 Å². The number of amides is 1. The highest BCUT2D eigenvalue weighted by Crippen LogP contribution is 2.40. The van der Waals surface area contributed by atoms with Crippen molar-refractivity contribution in [1.82, 2.24) is 15.4 Å². The van der Waals surface area contributed by atoms with Gasteiger partial charge in [0.25, 0.3) is 11.6 Å². The molecule has 1 N–H and O–H groups in total. The van der Waals surface area contributed by atoms with Crippen LogP contribution in [0, 0.1) is 21.8 Å². The van der Waals surface area contributed by atoms with Gasteiger partial charge in [-0.2, -0.15) is 0 Å². The molecule has 1 aromatic carbocycles. The van der Waals surface area contributed by atoms with E-state index in [0.717, 1.165) is 30.7 Å². The van der Waals surface area contributed by atoms with E-state index in [1.54, 1.807) is 6.07 Å². The minimum atomic E-state index is -0.535. The van der Waals surface area contributed by atoms with Gasteiger partial charge in [-0.1, -0.05) is 12.1 Å². The summed E-state index contributed by atoms with van der Waals surface area (Å²) in [6.45, 7) is 3.44. The maximum Gasteiger partial charge on any atom is 0.273 e. The molecule has 8 nitrogen and oxygen atoms in total. The molecule has 1 amide bonds. The number of halogens is 1. The molecule has 1 saturated heterocycles. The standard InChI is InChI=1S/C19H21FN4O4/c1-11-8-23(9-13-6-14(24(26)27)4-5-15(13)20)10-17(11)21-19(25)16-7-18(28-22-16)12-2-3-12/h4-7,11-12,17H,2-3,8-10H2,1H3,(H,21,25)/t11-,17-/m1/s1. The highest BCUT2D eigenvalue weighted by Gasteiger charge is 2.33. The predicted octanol–water partition coefficient (Wildman–Crippen LogP) is 2.85. The van der Waals surface area contributed by atoms with Gasteiger partial charge in [0.15, 0.2) is 5.69 Å². The van der Waals surface area contributed by atoms with Crippen molar-refractivity contribution >= 4 is 11.6 Å². The number of nitro benzene ring substituents is 1. The van der Waals surface area contributed by atoms with Crippen molar-refractivity contribution in [3.63, 3.8) is 0 Å². The Morgan fingerprint density at radius 3 is 2.89 bits per heavy atom. The average Bonchev–Trinajstić information content (AvgIpc) is 3.28. The number of likely N-dealkylation sites (tertiary alicyclic amines) is 1. The lowest BCUT2D eigenvalue weighted by Gasteiger charge is -2.17. The third-order valence-electron chi connectivity index (χ3n) is 5.38. The molecule has 0 unspecified atom stereocenters. The lowest BCUT2D eigenvalue weighted by Crippen LogP contribution is -2.40. The van der Waals surface area contributed by atoms with Crippen molar-refractivity contribution in [2.24, 2.45) is 5.92 Å². The van der Waals surface area contributed by atoms with Crippen LogP contribution in [0.4, 0.5) is 10.1 Å². The van der Waals surface area contributed by atoms with Crippen molar-refractivity contribution in [2.45, 2.75) is 38.3 Å². The number of nitro groups is 1. The molecular weight excluding hydrogens is 367 g/mol. The molecule has 1 saturated carbocycles. The normalized spacial score (nSPS) is 22.4. The Labute approximate surface area is 160 Å². The monoisotopic (exact) mass is 388 g/mol. The Hall–Kier alpha value is -2.81. The quantitative estimate of drug-likeness (QED) is 0.603. The number of rotatable bonds is 6. The summed E-state index contributed by atoms with van der Waals surface area (Å²) in [4.78, 5) is 24.8. The molecule has 2 heterocycles. The Morgan fingerprint density at radius 2 is 2.18 bits per heavy atom. The maximum atomic E-state index is 14.0. The number of nitrogens with one attached hydrogen (secondary N) is 1. The van der Waals surface area contributed by atoms with Gasteiger partial charge in [-0.15, -0.1) is 0 Å². The predicted molar refractivity (Wildman–Crippen MR) is 97.2 cm³/mol. The summed E-state index contributed by atoms with van der Waals surface area (Å²) in [7, 11) is 0. The van der Waals surface area contributed by atoms with Crippen LogP contribution >= 0.6 is 0 Å². The number of aromatic nitrogens is 1. The van der Waals surface area contributed by atoms with Crippen molar-refractivity contribution in [1.29, 1.82) is 0 Å². The van der Waals surface area contributed by atoms with Crippen molar-refractivity contribution < 1.29 is 18.6 Å². The van der Waals surface area contributed by atoms with Crippen LogP contribution in [0.2, 0.25) is 0 Å². The summed E-state index contributed by atoms with van der Waals surface area (Å²) in [5, 5.41) is 17.7. The lowest BCUT2D eigenvalue weighted by molar-refractivity contribution is -0.385. The molecule has 1 aliphatic carbocycles. The lowest BCUT2D eigenvalue weighted by atomic mass is 10.1. The zero-order chi connectivity index (χ0) is 19.8. The molecule has 2 aromatic rings. The van der Waals surface area contributed by atoms with Gasteiger partial charge < -0.3 is 9.84 Å². The highest BCUT2D eigenvalue weighted by molar-refractivity contribution is 5.92. The van der Waals surface area contributed by atoms with Gasteiger partial charge in [0, 0.05) is 55.4 Å². The summed E-state index contributed by atoms with van der Waals surface area (Å²) in [6.07, 6.45) is 2.14. The number of carbonyl (C=O) groups excluding carboxylic acids is 1. The second kappa shape index (κ2) is 7.31. The zero-order valence-electron chi connectivity index (χ0n) is 15.4. The van der Waals surface area contributed by atoms with E-state index in [2.05, 4.69) is 10.5 Å². The van der Waals surface area contributed by atoms with Crippen LogP contribution in [0.15, 0.2) is 28.8 Å². The van der Waals surface area contributed by atoms with E-state index in [0.29, 0.717) is 19.0 Å². The third kappa shape index (κ3) is 3.89. The number of nitrogens with zero attached hydrogens (tertiary/aromatic N) is 3. The van der Waals surface area contributed by atoms with Gasteiger partial charge in [-0.3, -0.25) is 19.8 Å². The van der Waals surface area contributed by atoms with Crippen LogP contribution in [0.3, 0.4) is 0 Å². The first-order chi connectivity index (χ1) is 13.4. The molecule has 4 rings (SSSR count). The number of carbonyl (C=O) groups is 1. The third-order valence-corrected chi connectivity index (χ3v) is 5.38. The summed E-state index contributed by atoms with van der Waals surface area (Å²) in [5.41, 5.74) is 0.419. The van der Waals surface area contributed by atoms with E-state index in [4.69, 9.17) is 4.52 Å². The smallest absolute Gasteiger partial charge is 0.273 e. The van der Waals surface area contributed by atoms with Crippen molar-refractivity contribution in [2.75, 3.05) is 13.1 Å². The molecule has 148 valence electrons. The molecule has 1 aromatic heterocycles. The topological polar surface area (TPSA) is 102 Å². The van der Waals surface area contributed by atoms with Gasteiger partial charge in [0.2, 0.25) is 0 Å². The fourth-order valence-corrected chi connectivity index (χ4v) is 3.62. The summed E-state index contributed by atoms with van der Waals surface area (Å²) < 4.78 is 19.3. The minimum Gasteiger partial charge on any atom is -0.360 e. The van der Waals surface area contributed by atoms with E-state index < -0.39 is 10.7 Å². The molecule has 2 atom stereocenters. The SMILES string of the molecule is C[C@@H]1CN(Cc2cc([N+](=O)[O-])ccc2F)C[C@H]1NC(=O)c1cc(C2CC2)on1. The Bertz CT molecular complexity index is 911. The fraction of sp³-hybridized carbons (Fsp3) is 0.474. The molecule has 2 aliphatic rings. The highest BCUT2D eigenvalue weighted by atomic mass is 19.1. The van der Waals surface area contributed by atoms with Crippen LogP contribution in [0.1, 0.15) is 47.5 Å². The molecule has 9 heteroatoms. The van der Waals surface area contributed by atoms with Crippen molar-refractivity contribution in [3.8, 4) is 0 Å². The fourth-order valence-electron chi connectivity index (χ4n) is 3.62. The number of hydrogen-bond acceptors (Lipinski definition) is 6. The Kier molecular flexibility index (Phi) is 4.84. The van der Waals surface area contributed by atoms with Gasteiger partial charge in [0.1, 0.15) is 11.6 Å². The maximum absolute atomic E-state index is 14.0. The molecule has 2 fully saturated rings. The second-order valence-electron chi connectivity index (χ2n) is 7.67. The molecule has 28 heavy (non-hydrogen) atoms. The van der Waals surface area contributed by atoms with E-state index in [1.807, 2.05) is 11.8 Å². The van der Waals surface area contributed by atoms with Gasteiger partial charge >= 0.3 is 0 Å². The summed E-state index contributed by atoms with van der Waals surface area (Å²) in [5.74, 6) is 0.546. The second-order valence-corrected chi connectivity index (χ2v) is 7.67. The van der Waals surface area contributed by atoms with Crippen LogP contribution in [0.5, 0.6) is 0 Å². The van der Waals surface area contributed by atoms with E-state index >= 15 is 0 Å². The molecule has 1 aliphatic heterocycles. The Balaban J connectivity index is 1.38. The zero-order valence-corrected chi connectivity index (χ0v) is 15.4. The summed E-state index contributed by atoms with van der Waals surface area (Å²) in [6, 6.07) is 5.12. The number of hydrogen-bond donors (Lipinski definition) is 1. The minimum absolute atomic E-state index is 0.115. The first-order valence-electron chi connectivity index (χ1n) is 9.33. The number of non-ortho nitro benzene ring substituents is 1. The van der Waals surface area contributed by atoms with Crippen LogP contribution in [0.25, 0.3) is 0 Å². The van der Waals surface area contributed by atoms with Crippen LogP contribution in [-0.2, 0) is 6.54 Å². The molecule has 0 bridgehead atoms. The van der Waals surface area contributed by atoms with Crippen LogP contribution < -0.4 is 5.32 Å². The van der Waals surface area contributed by atoms with Gasteiger partial charge in [0.05, 0.1) is 4.92 Å². The van der Waals surface area contributed by atoms with Gasteiger partial charge in [-0.05, 0) is 24.8 Å². The van der Waals surface area contributed by atoms with E-state index in [9.17, 15) is 19.3 Å².